The van der Waals surface area contributed by atoms with Crippen molar-refractivity contribution in [2.75, 3.05) is 5.32 Å². The Morgan fingerprint density at radius 1 is 1.43 bits per heavy atom. The van der Waals surface area contributed by atoms with Crippen LogP contribution in [-0.4, -0.2) is 26.2 Å². The van der Waals surface area contributed by atoms with Crippen molar-refractivity contribution < 1.29 is 9.90 Å². The van der Waals surface area contributed by atoms with Crippen molar-refractivity contribution in [1.82, 2.24) is 9.55 Å². The summed E-state index contributed by atoms with van der Waals surface area (Å²) >= 11 is 0. The molecule has 2 N–H and O–H groups in total. The maximum atomic E-state index is 12.4. The molecule has 0 spiro atoms. The van der Waals surface area contributed by atoms with E-state index in [1.807, 2.05) is 6.92 Å². The van der Waals surface area contributed by atoms with Crippen molar-refractivity contribution in [1.29, 1.82) is 0 Å². The van der Waals surface area contributed by atoms with Crippen molar-refractivity contribution in [2.45, 2.75) is 64.0 Å². The Morgan fingerprint density at radius 3 is 2.76 bits per heavy atom. The molecule has 6 nitrogen and oxygen atoms in total. The van der Waals surface area contributed by atoms with Gasteiger partial charge in [0, 0.05) is 24.5 Å². The van der Waals surface area contributed by atoms with Crippen molar-refractivity contribution in [3.8, 4) is 0 Å². The molecule has 1 aliphatic carbocycles. The highest BCUT2D eigenvalue weighted by atomic mass is 16.4. The van der Waals surface area contributed by atoms with Crippen LogP contribution in [0.2, 0.25) is 0 Å². The van der Waals surface area contributed by atoms with Crippen molar-refractivity contribution in [2.24, 2.45) is 0 Å². The fourth-order valence-corrected chi connectivity index (χ4v) is 3.07. The number of carbonyl (C=O) groups is 1. The maximum Gasteiger partial charge on any atom is 0.305 e. The molecule has 1 fully saturated rings. The Kier molecular flexibility index (Phi) is 4.98. The highest BCUT2D eigenvalue weighted by Gasteiger charge is 2.35. The first-order chi connectivity index (χ1) is 10.1. The van der Waals surface area contributed by atoms with E-state index in [1.165, 1.54) is 0 Å². The number of hydrogen-bond acceptors (Lipinski definition) is 4. The SMILES string of the molecule is CCCn1ccnc(NC2(CC(=O)O)CCCCC2)c1=O. The second kappa shape index (κ2) is 6.74. The van der Waals surface area contributed by atoms with Gasteiger partial charge in [0.05, 0.1) is 6.42 Å². The van der Waals surface area contributed by atoms with Gasteiger partial charge >= 0.3 is 5.97 Å². The topological polar surface area (TPSA) is 84.2 Å². The lowest BCUT2D eigenvalue weighted by atomic mass is 9.79. The predicted octanol–water partition coefficient (Wildman–Crippen LogP) is 2.24. The van der Waals surface area contributed by atoms with Gasteiger partial charge < -0.3 is 15.0 Å². The first-order valence-corrected chi connectivity index (χ1v) is 7.62. The van der Waals surface area contributed by atoms with Crippen LogP contribution in [0.1, 0.15) is 51.9 Å². The van der Waals surface area contributed by atoms with E-state index in [2.05, 4.69) is 10.3 Å². The van der Waals surface area contributed by atoms with Gasteiger partial charge in [-0.05, 0) is 19.3 Å². The number of aliphatic carboxylic acids is 1. The predicted molar refractivity (Wildman–Crippen MR) is 80.5 cm³/mol. The van der Waals surface area contributed by atoms with Crippen LogP contribution in [0.25, 0.3) is 0 Å². The second-order valence-electron chi connectivity index (χ2n) is 5.81. The summed E-state index contributed by atoms with van der Waals surface area (Å²) < 4.78 is 1.62. The Morgan fingerprint density at radius 2 is 2.14 bits per heavy atom. The molecule has 0 aromatic carbocycles. The van der Waals surface area contributed by atoms with Crippen LogP contribution in [0, 0.1) is 0 Å². The largest absolute Gasteiger partial charge is 0.481 e. The molecule has 0 unspecified atom stereocenters. The second-order valence-corrected chi connectivity index (χ2v) is 5.81. The number of rotatable bonds is 6. The molecule has 1 aromatic heterocycles. The number of carboxylic acid groups (broad SMARTS) is 1. The highest BCUT2D eigenvalue weighted by molar-refractivity contribution is 5.69. The molecule has 1 heterocycles. The molecule has 0 atom stereocenters. The normalized spacial score (nSPS) is 17.4. The number of nitrogens with zero attached hydrogens (tertiary/aromatic N) is 2. The summed E-state index contributed by atoms with van der Waals surface area (Å²) in [5.41, 5.74) is -0.712. The molecule has 0 radical (unpaired) electrons. The lowest BCUT2D eigenvalue weighted by Gasteiger charge is -2.37. The van der Waals surface area contributed by atoms with Crippen LogP contribution in [0.5, 0.6) is 0 Å². The van der Waals surface area contributed by atoms with E-state index < -0.39 is 11.5 Å². The fourth-order valence-electron chi connectivity index (χ4n) is 3.07. The molecule has 0 aliphatic heterocycles. The molecule has 1 aromatic rings. The van der Waals surface area contributed by atoms with Crippen LogP contribution >= 0.6 is 0 Å². The van der Waals surface area contributed by atoms with E-state index in [-0.39, 0.29) is 17.8 Å². The summed E-state index contributed by atoms with van der Waals surface area (Å²) in [5, 5.41) is 12.3. The Labute approximate surface area is 124 Å². The number of aromatic nitrogens is 2. The Bertz CT molecular complexity index is 547. The van der Waals surface area contributed by atoms with E-state index in [0.717, 1.165) is 38.5 Å². The summed E-state index contributed by atoms with van der Waals surface area (Å²) in [4.78, 5) is 27.7. The number of anilines is 1. The van der Waals surface area contributed by atoms with Crippen LogP contribution in [0.3, 0.4) is 0 Å². The molecule has 21 heavy (non-hydrogen) atoms. The molecule has 1 aliphatic rings. The molecule has 2 rings (SSSR count). The van der Waals surface area contributed by atoms with Crippen molar-refractivity contribution >= 4 is 11.8 Å². The summed E-state index contributed by atoms with van der Waals surface area (Å²) in [6.07, 6.45) is 8.77. The van der Waals surface area contributed by atoms with Crippen LogP contribution in [0.15, 0.2) is 17.2 Å². The van der Waals surface area contributed by atoms with Crippen LogP contribution < -0.4 is 10.9 Å². The van der Waals surface area contributed by atoms with E-state index >= 15 is 0 Å². The lowest BCUT2D eigenvalue weighted by Crippen LogP contribution is -2.44. The van der Waals surface area contributed by atoms with Gasteiger partial charge in [-0.2, -0.15) is 0 Å². The summed E-state index contributed by atoms with van der Waals surface area (Å²) in [6, 6.07) is 0. The zero-order chi connectivity index (χ0) is 15.3. The van der Waals surface area contributed by atoms with Gasteiger partial charge in [0.15, 0.2) is 5.82 Å². The average molecular weight is 293 g/mol. The average Bonchev–Trinajstić information content (AvgIpc) is 2.43. The van der Waals surface area contributed by atoms with Crippen molar-refractivity contribution in [3.05, 3.63) is 22.7 Å². The summed E-state index contributed by atoms with van der Waals surface area (Å²) in [6.45, 7) is 2.65. The standard InChI is InChI=1S/C15H23N3O3/c1-2-9-18-10-8-16-13(14(18)21)17-15(11-12(19)20)6-4-3-5-7-15/h8,10H,2-7,9,11H2,1H3,(H,16,17)(H,19,20). The molecular formula is C15H23N3O3. The zero-order valence-corrected chi connectivity index (χ0v) is 12.5. The lowest BCUT2D eigenvalue weighted by molar-refractivity contribution is -0.138. The van der Waals surface area contributed by atoms with Gasteiger partial charge in [-0.15, -0.1) is 0 Å². The Balaban J connectivity index is 2.26. The minimum absolute atomic E-state index is 0.0246. The monoisotopic (exact) mass is 293 g/mol. The van der Waals surface area contributed by atoms with Crippen LogP contribution in [-0.2, 0) is 11.3 Å². The molecule has 0 saturated heterocycles. The molecule has 1 saturated carbocycles. The molecule has 0 bridgehead atoms. The Hall–Kier alpha value is -1.85. The van der Waals surface area contributed by atoms with Gasteiger partial charge in [0.1, 0.15) is 0 Å². The third-order valence-corrected chi connectivity index (χ3v) is 4.06. The van der Waals surface area contributed by atoms with Crippen LogP contribution in [0.4, 0.5) is 5.82 Å². The van der Waals surface area contributed by atoms with Crippen molar-refractivity contribution in [3.63, 3.8) is 0 Å². The van der Waals surface area contributed by atoms with E-state index in [0.29, 0.717) is 6.54 Å². The first-order valence-electron chi connectivity index (χ1n) is 7.62. The molecule has 116 valence electrons. The van der Waals surface area contributed by atoms with E-state index in [4.69, 9.17) is 0 Å². The zero-order valence-electron chi connectivity index (χ0n) is 12.5. The molecule has 6 heteroatoms. The van der Waals surface area contributed by atoms with Gasteiger partial charge in [-0.3, -0.25) is 9.59 Å². The first kappa shape index (κ1) is 15.5. The quantitative estimate of drug-likeness (QED) is 0.840. The smallest absolute Gasteiger partial charge is 0.305 e. The third-order valence-electron chi connectivity index (χ3n) is 4.06. The fraction of sp³-hybridized carbons (Fsp3) is 0.667. The minimum Gasteiger partial charge on any atom is -0.481 e. The van der Waals surface area contributed by atoms with E-state index in [9.17, 15) is 14.7 Å². The summed E-state index contributed by atoms with van der Waals surface area (Å²) in [7, 11) is 0. The molecular weight excluding hydrogens is 270 g/mol. The number of hydrogen-bond donors (Lipinski definition) is 2. The third kappa shape index (κ3) is 3.83. The number of carboxylic acids is 1. The maximum absolute atomic E-state index is 12.4. The summed E-state index contributed by atoms with van der Waals surface area (Å²) in [5.74, 6) is -0.566. The highest BCUT2D eigenvalue weighted by Crippen LogP contribution is 2.33. The number of nitrogens with one attached hydrogen (secondary N) is 1. The van der Waals surface area contributed by atoms with Gasteiger partial charge in [0.25, 0.3) is 5.56 Å². The number of aryl methyl sites for hydroxylation is 1. The van der Waals surface area contributed by atoms with E-state index in [1.54, 1.807) is 17.0 Å². The minimum atomic E-state index is -0.839. The van der Waals surface area contributed by atoms with Gasteiger partial charge in [-0.25, -0.2) is 4.98 Å². The van der Waals surface area contributed by atoms with Gasteiger partial charge in [-0.1, -0.05) is 26.2 Å². The molecule has 0 amide bonds. The van der Waals surface area contributed by atoms with Gasteiger partial charge in [0.2, 0.25) is 0 Å².